The van der Waals surface area contributed by atoms with Crippen LogP contribution in [0.3, 0.4) is 0 Å². The minimum Gasteiger partial charge on any atom is -0.324 e. The first-order valence-electron chi connectivity index (χ1n) is 5.86. The van der Waals surface area contributed by atoms with Crippen molar-refractivity contribution in [3.8, 4) is 10.4 Å². The van der Waals surface area contributed by atoms with Crippen molar-refractivity contribution in [2.45, 2.75) is 19.9 Å². The first kappa shape index (κ1) is 13.3. The number of halogens is 1. The number of hydrogen-bond donors (Lipinski definition) is 1. The molecule has 0 saturated heterocycles. The molecule has 1 aromatic heterocycles. The van der Waals surface area contributed by atoms with E-state index in [-0.39, 0.29) is 6.04 Å². The first-order chi connectivity index (χ1) is 8.56. The third-order valence-corrected chi connectivity index (χ3v) is 4.14. The highest BCUT2D eigenvalue weighted by Gasteiger charge is 2.03. The maximum absolute atomic E-state index is 6.00. The average Bonchev–Trinajstić information content (AvgIpc) is 2.77. The van der Waals surface area contributed by atoms with Gasteiger partial charge in [0.05, 0.1) is 0 Å². The molecule has 0 aliphatic rings. The fourth-order valence-corrected chi connectivity index (χ4v) is 2.79. The second kappa shape index (κ2) is 5.70. The van der Waals surface area contributed by atoms with E-state index < -0.39 is 0 Å². The van der Waals surface area contributed by atoms with Crippen molar-refractivity contribution < 1.29 is 0 Å². The summed E-state index contributed by atoms with van der Waals surface area (Å²) in [5, 5.41) is 0.768. The topological polar surface area (TPSA) is 26.0 Å². The summed E-state index contributed by atoms with van der Waals surface area (Å²) in [4.78, 5) is 2.45. The lowest BCUT2D eigenvalue weighted by Crippen LogP contribution is -2.15. The van der Waals surface area contributed by atoms with E-state index in [2.05, 4.69) is 31.2 Å². The minimum absolute atomic E-state index is 0.0988. The van der Waals surface area contributed by atoms with Crippen LogP contribution in [0.2, 0.25) is 5.02 Å². The molecule has 1 aromatic carbocycles. The van der Waals surface area contributed by atoms with E-state index in [0.29, 0.717) is 0 Å². The Morgan fingerprint density at radius 1 is 1.33 bits per heavy atom. The summed E-state index contributed by atoms with van der Waals surface area (Å²) in [6.07, 6.45) is 2.14. The Kier molecular flexibility index (Phi) is 4.23. The van der Waals surface area contributed by atoms with Crippen molar-refractivity contribution in [1.82, 2.24) is 0 Å². The molecule has 0 saturated carbocycles. The van der Waals surface area contributed by atoms with E-state index in [4.69, 9.17) is 17.3 Å². The summed E-state index contributed by atoms with van der Waals surface area (Å²) in [5.41, 5.74) is 8.19. The standard InChI is InChI=1S/C15H16ClNS/c1-10(11(2)17)8-14-6-7-15(18-14)12-4-3-5-13(16)9-12/h3-9,11H,17H2,1-2H3/b10-8+. The van der Waals surface area contributed by atoms with Crippen LogP contribution in [0.15, 0.2) is 42.0 Å². The summed E-state index contributed by atoms with van der Waals surface area (Å²) in [5.74, 6) is 0. The van der Waals surface area contributed by atoms with Gasteiger partial charge in [0.2, 0.25) is 0 Å². The lowest BCUT2D eigenvalue weighted by atomic mass is 10.1. The molecule has 0 bridgehead atoms. The Labute approximate surface area is 117 Å². The van der Waals surface area contributed by atoms with Gasteiger partial charge in [0.1, 0.15) is 0 Å². The molecule has 0 amide bonds. The van der Waals surface area contributed by atoms with Gasteiger partial charge in [-0.3, -0.25) is 0 Å². The van der Waals surface area contributed by atoms with Crippen LogP contribution < -0.4 is 5.73 Å². The van der Waals surface area contributed by atoms with E-state index in [1.807, 2.05) is 25.1 Å². The quantitative estimate of drug-likeness (QED) is 0.855. The largest absolute Gasteiger partial charge is 0.324 e. The highest BCUT2D eigenvalue weighted by atomic mass is 35.5. The fraction of sp³-hybridized carbons (Fsp3) is 0.200. The molecule has 0 spiro atoms. The summed E-state index contributed by atoms with van der Waals surface area (Å²) < 4.78 is 0. The Morgan fingerprint density at radius 2 is 2.11 bits per heavy atom. The lowest BCUT2D eigenvalue weighted by molar-refractivity contribution is 0.868. The molecule has 0 radical (unpaired) electrons. The molecule has 0 aliphatic heterocycles. The predicted octanol–water partition coefficient (Wildman–Crippen LogP) is 4.82. The molecule has 0 aliphatic carbocycles. The molecule has 0 fully saturated rings. The third-order valence-electron chi connectivity index (χ3n) is 2.82. The van der Waals surface area contributed by atoms with Gasteiger partial charge in [0, 0.05) is 20.8 Å². The second-order valence-corrected chi connectivity index (χ2v) is 5.94. The van der Waals surface area contributed by atoms with Crippen molar-refractivity contribution in [1.29, 1.82) is 0 Å². The second-order valence-electron chi connectivity index (χ2n) is 4.39. The predicted molar refractivity (Wildman–Crippen MR) is 82.1 cm³/mol. The Bertz CT molecular complexity index is 569. The Balaban J connectivity index is 2.29. The number of thiophene rings is 1. The van der Waals surface area contributed by atoms with Crippen LogP contribution in [0.1, 0.15) is 18.7 Å². The van der Waals surface area contributed by atoms with Crippen LogP contribution in [0.4, 0.5) is 0 Å². The zero-order chi connectivity index (χ0) is 13.1. The molecule has 2 N–H and O–H groups in total. The summed E-state index contributed by atoms with van der Waals surface area (Å²) >= 11 is 7.75. The SMILES string of the molecule is C/C(=C\c1ccc(-c2cccc(Cl)c2)s1)C(C)N. The van der Waals surface area contributed by atoms with E-state index in [9.17, 15) is 0 Å². The fourth-order valence-electron chi connectivity index (χ4n) is 1.58. The molecular weight excluding hydrogens is 262 g/mol. The van der Waals surface area contributed by atoms with E-state index in [0.717, 1.165) is 10.6 Å². The molecule has 1 unspecified atom stereocenters. The van der Waals surface area contributed by atoms with Gasteiger partial charge in [-0.1, -0.05) is 29.3 Å². The zero-order valence-electron chi connectivity index (χ0n) is 10.5. The van der Waals surface area contributed by atoms with Gasteiger partial charge in [-0.15, -0.1) is 11.3 Å². The van der Waals surface area contributed by atoms with Crippen molar-refractivity contribution in [3.05, 3.63) is 51.9 Å². The minimum atomic E-state index is 0.0988. The van der Waals surface area contributed by atoms with Crippen LogP contribution >= 0.6 is 22.9 Å². The van der Waals surface area contributed by atoms with E-state index in [1.54, 1.807) is 11.3 Å². The van der Waals surface area contributed by atoms with Crippen molar-refractivity contribution in [2.75, 3.05) is 0 Å². The summed E-state index contributed by atoms with van der Waals surface area (Å²) in [6, 6.07) is 12.3. The molecule has 2 aromatic rings. The molecule has 1 atom stereocenters. The van der Waals surface area contributed by atoms with Gasteiger partial charge in [-0.05, 0) is 49.8 Å². The Morgan fingerprint density at radius 3 is 2.78 bits per heavy atom. The van der Waals surface area contributed by atoms with Crippen LogP contribution in [0.25, 0.3) is 16.5 Å². The molecular formula is C15H16ClNS. The van der Waals surface area contributed by atoms with Gasteiger partial charge in [-0.2, -0.15) is 0 Å². The van der Waals surface area contributed by atoms with Gasteiger partial charge in [0.15, 0.2) is 0 Å². The molecule has 2 rings (SSSR count). The van der Waals surface area contributed by atoms with Crippen LogP contribution in [-0.2, 0) is 0 Å². The zero-order valence-corrected chi connectivity index (χ0v) is 12.1. The van der Waals surface area contributed by atoms with Gasteiger partial charge >= 0.3 is 0 Å². The van der Waals surface area contributed by atoms with Gasteiger partial charge in [-0.25, -0.2) is 0 Å². The highest BCUT2D eigenvalue weighted by Crippen LogP contribution is 2.30. The molecule has 94 valence electrons. The third kappa shape index (κ3) is 3.22. The molecule has 18 heavy (non-hydrogen) atoms. The number of rotatable bonds is 3. The van der Waals surface area contributed by atoms with E-state index in [1.165, 1.54) is 15.3 Å². The summed E-state index contributed by atoms with van der Waals surface area (Å²) in [7, 11) is 0. The lowest BCUT2D eigenvalue weighted by Gasteiger charge is -2.03. The smallest absolute Gasteiger partial charge is 0.0412 e. The van der Waals surface area contributed by atoms with E-state index >= 15 is 0 Å². The number of nitrogens with two attached hydrogens (primary N) is 1. The maximum Gasteiger partial charge on any atom is 0.0412 e. The van der Waals surface area contributed by atoms with Gasteiger partial charge < -0.3 is 5.73 Å². The highest BCUT2D eigenvalue weighted by molar-refractivity contribution is 7.16. The molecule has 3 heteroatoms. The van der Waals surface area contributed by atoms with Crippen molar-refractivity contribution in [3.63, 3.8) is 0 Å². The van der Waals surface area contributed by atoms with Gasteiger partial charge in [0.25, 0.3) is 0 Å². The summed E-state index contributed by atoms with van der Waals surface area (Å²) in [6.45, 7) is 4.06. The van der Waals surface area contributed by atoms with Crippen LogP contribution in [0, 0.1) is 0 Å². The Hall–Kier alpha value is -1.09. The molecule has 1 nitrogen and oxygen atoms in total. The number of benzene rings is 1. The van der Waals surface area contributed by atoms with Crippen molar-refractivity contribution in [2.24, 2.45) is 5.73 Å². The maximum atomic E-state index is 6.00. The first-order valence-corrected chi connectivity index (χ1v) is 7.05. The van der Waals surface area contributed by atoms with Crippen LogP contribution in [-0.4, -0.2) is 6.04 Å². The average molecular weight is 278 g/mol. The number of hydrogen-bond acceptors (Lipinski definition) is 2. The normalized spacial score (nSPS) is 13.7. The van der Waals surface area contributed by atoms with Crippen LogP contribution in [0.5, 0.6) is 0 Å². The van der Waals surface area contributed by atoms with Crippen molar-refractivity contribution >= 4 is 29.0 Å². The molecule has 1 heterocycles. The monoisotopic (exact) mass is 277 g/mol.